The Bertz CT molecular complexity index is 1380. The summed E-state index contributed by atoms with van der Waals surface area (Å²) >= 11 is 0. The Morgan fingerprint density at radius 1 is 1.14 bits per heavy atom. The van der Waals surface area contributed by atoms with E-state index in [0.29, 0.717) is 49.4 Å². The minimum Gasteiger partial charge on any atom is -0.489 e. The van der Waals surface area contributed by atoms with Crippen molar-refractivity contribution in [2.24, 2.45) is 5.92 Å². The van der Waals surface area contributed by atoms with Gasteiger partial charge in [0.25, 0.3) is 0 Å². The number of hydrogen-bond acceptors (Lipinski definition) is 5. The van der Waals surface area contributed by atoms with E-state index in [2.05, 4.69) is 32.0 Å². The number of fused-ring (bicyclic) bond motifs is 2. The van der Waals surface area contributed by atoms with Crippen molar-refractivity contribution in [1.29, 1.82) is 0 Å². The lowest BCUT2D eigenvalue weighted by Gasteiger charge is -2.47. The molecule has 1 aliphatic heterocycles. The first-order valence-corrected chi connectivity index (χ1v) is 13.5. The molecule has 2 atom stereocenters. The average molecular weight is 504 g/mol. The van der Waals surface area contributed by atoms with Crippen LogP contribution in [0.1, 0.15) is 66.3 Å². The van der Waals surface area contributed by atoms with Crippen molar-refractivity contribution >= 4 is 16.9 Å². The highest BCUT2D eigenvalue weighted by molar-refractivity contribution is 5.83. The van der Waals surface area contributed by atoms with Crippen LogP contribution in [-0.4, -0.2) is 34.6 Å². The molecule has 2 unspecified atom stereocenters. The Kier molecular flexibility index (Phi) is 7.13. The van der Waals surface area contributed by atoms with Gasteiger partial charge in [-0.25, -0.2) is 4.79 Å². The number of aliphatic hydroxyl groups is 1. The zero-order valence-corrected chi connectivity index (χ0v) is 22.1. The number of carbonyl (C=O) groups is 1. The zero-order valence-electron chi connectivity index (χ0n) is 22.1. The Balaban J connectivity index is 1.26. The number of likely N-dealkylation sites (tertiary alicyclic amines) is 1. The lowest BCUT2D eigenvalue weighted by atomic mass is 9.71. The second kappa shape index (κ2) is 10.3. The maximum Gasteiger partial charge on any atom is 0.339 e. The fraction of sp³-hybridized carbons (Fsp3) is 0.484. The molecule has 2 aliphatic rings. The summed E-state index contributed by atoms with van der Waals surface area (Å²) in [6.07, 6.45) is 5.26. The lowest BCUT2D eigenvalue weighted by molar-refractivity contribution is -0.143. The fourth-order valence-corrected chi connectivity index (χ4v) is 6.06. The molecule has 3 aromatic rings. The van der Waals surface area contributed by atoms with Crippen LogP contribution in [0.4, 0.5) is 0 Å². The first-order valence-electron chi connectivity index (χ1n) is 13.5. The monoisotopic (exact) mass is 503 g/mol. The molecule has 1 amide bonds. The molecule has 2 fully saturated rings. The van der Waals surface area contributed by atoms with Gasteiger partial charge in [0.15, 0.2) is 0 Å². The van der Waals surface area contributed by atoms with Crippen LogP contribution in [0.3, 0.4) is 0 Å². The maximum atomic E-state index is 13.0. The number of rotatable bonds is 6. The van der Waals surface area contributed by atoms with Gasteiger partial charge >= 0.3 is 5.63 Å². The van der Waals surface area contributed by atoms with Crippen molar-refractivity contribution in [2.45, 2.75) is 77.9 Å². The second-order valence-electron chi connectivity index (χ2n) is 11.0. The first kappa shape index (κ1) is 25.5. The van der Waals surface area contributed by atoms with Gasteiger partial charge in [0.05, 0.1) is 5.60 Å². The SMILES string of the molecule is Cc1ccc(C)c(COc2ccc3c(C)c(CCC(=O)N4CCC5(O)CCCCC5C4)c(=O)oc3c2)c1. The quantitative estimate of drug-likeness (QED) is 0.457. The van der Waals surface area contributed by atoms with Crippen LogP contribution in [-0.2, 0) is 17.8 Å². The van der Waals surface area contributed by atoms with E-state index in [9.17, 15) is 14.7 Å². The predicted octanol–water partition coefficient (Wildman–Crippen LogP) is 5.38. The van der Waals surface area contributed by atoms with E-state index < -0.39 is 11.2 Å². The summed E-state index contributed by atoms with van der Waals surface area (Å²) in [7, 11) is 0. The van der Waals surface area contributed by atoms with Crippen molar-refractivity contribution in [3.05, 3.63) is 74.6 Å². The minimum atomic E-state index is -0.605. The van der Waals surface area contributed by atoms with Crippen LogP contribution >= 0.6 is 0 Å². The topological polar surface area (TPSA) is 80.0 Å². The van der Waals surface area contributed by atoms with Crippen molar-refractivity contribution in [2.75, 3.05) is 13.1 Å². The molecule has 6 heteroatoms. The Morgan fingerprint density at radius 3 is 2.81 bits per heavy atom. The summed E-state index contributed by atoms with van der Waals surface area (Å²) in [6, 6.07) is 11.9. The van der Waals surface area contributed by atoms with Crippen molar-refractivity contribution in [3.63, 3.8) is 0 Å². The normalized spacial score (nSPS) is 21.6. The van der Waals surface area contributed by atoms with E-state index in [1.165, 1.54) is 11.1 Å². The third-order valence-electron chi connectivity index (χ3n) is 8.53. The van der Waals surface area contributed by atoms with E-state index >= 15 is 0 Å². The third kappa shape index (κ3) is 5.30. The smallest absolute Gasteiger partial charge is 0.339 e. The Labute approximate surface area is 218 Å². The van der Waals surface area contributed by atoms with Gasteiger partial charge in [-0.2, -0.15) is 0 Å². The third-order valence-corrected chi connectivity index (χ3v) is 8.53. The number of nitrogens with zero attached hydrogens (tertiary/aromatic N) is 1. The highest BCUT2D eigenvalue weighted by atomic mass is 16.5. The number of carbonyl (C=O) groups excluding carboxylic acids is 1. The van der Waals surface area contributed by atoms with E-state index in [1.807, 2.05) is 24.0 Å². The summed E-state index contributed by atoms with van der Waals surface area (Å²) in [4.78, 5) is 27.8. The van der Waals surface area contributed by atoms with Gasteiger partial charge < -0.3 is 19.2 Å². The number of benzene rings is 2. The Morgan fingerprint density at radius 2 is 1.97 bits per heavy atom. The molecule has 1 saturated heterocycles. The van der Waals surface area contributed by atoms with Crippen molar-refractivity contribution < 1.29 is 19.1 Å². The molecule has 196 valence electrons. The minimum absolute atomic E-state index is 0.0433. The van der Waals surface area contributed by atoms with E-state index in [1.54, 1.807) is 6.07 Å². The van der Waals surface area contributed by atoms with E-state index in [4.69, 9.17) is 9.15 Å². The molecule has 2 aromatic carbocycles. The molecule has 0 spiro atoms. The van der Waals surface area contributed by atoms with Crippen LogP contribution in [0.2, 0.25) is 0 Å². The molecule has 1 aromatic heterocycles. The zero-order chi connectivity index (χ0) is 26.2. The number of hydrogen-bond donors (Lipinski definition) is 1. The molecule has 6 nitrogen and oxygen atoms in total. The van der Waals surface area contributed by atoms with Crippen LogP contribution in [0.25, 0.3) is 11.0 Å². The van der Waals surface area contributed by atoms with Gasteiger partial charge in [0.1, 0.15) is 17.9 Å². The van der Waals surface area contributed by atoms with Gasteiger partial charge in [0, 0.05) is 42.4 Å². The summed E-state index contributed by atoms with van der Waals surface area (Å²) in [5, 5.41) is 11.8. The molecule has 1 saturated carbocycles. The number of aryl methyl sites for hydroxylation is 3. The lowest BCUT2D eigenvalue weighted by Crippen LogP contribution is -2.54. The predicted molar refractivity (Wildman–Crippen MR) is 144 cm³/mol. The highest BCUT2D eigenvalue weighted by Gasteiger charge is 2.43. The van der Waals surface area contributed by atoms with Crippen molar-refractivity contribution in [1.82, 2.24) is 4.90 Å². The maximum absolute atomic E-state index is 13.0. The van der Waals surface area contributed by atoms with Crippen molar-refractivity contribution in [3.8, 4) is 5.75 Å². The van der Waals surface area contributed by atoms with Gasteiger partial charge in [-0.15, -0.1) is 0 Å². The average Bonchev–Trinajstić information content (AvgIpc) is 2.88. The van der Waals surface area contributed by atoms with Gasteiger partial charge in [-0.05, 0) is 75.3 Å². The molecule has 0 radical (unpaired) electrons. The largest absolute Gasteiger partial charge is 0.489 e. The summed E-state index contributed by atoms with van der Waals surface area (Å²) < 4.78 is 11.7. The molecular formula is C31H37NO5. The highest BCUT2D eigenvalue weighted by Crippen LogP contribution is 2.40. The number of piperidine rings is 1. The van der Waals surface area contributed by atoms with Gasteiger partial charge in [0.2, 0.25) is 5.91 Å². The van der Waals surface area contributed by atoms with Crippen LogP contribution in [0.5, 0.6) is 5.75 Å². The van der Waals surface area contributed by atoms with E-state index in [-0.39, 0.29) is 18.2 Å². The van der Waals surface area contributed by atoms with Gasteiger partial charge in [-0.3, -0.25) is 4.79 Å². The van der Waals surface area contributed by atoms with E-state index in [0.717, 1.165) is 42.2 Å². The summed E-state index contributed by atoms with van der Waals surface area (Å²) in [6.45, 7) is 7.68. The summed E-state index contributed by atoms with van der Waals surface area (Å²) in [5.74, 6) is 0.853. The standard InChI is InChI=1S/C31H37NO5/c1-20-7-8-21(2)23(16-20)19-36-25-9-10-26-22(3)27(30(34)37-28(26)17-25)11-12-29(33)32-15-14-31(35)13-5-4-6-24(31)18-32/h7-10,16-17,24,35H,4-6,11-15,18-19H2,1-3H3. The molecule has 1 aliphatic carbocycles. The second-order valence-corrected chi connectivity index (χ2v) is 11.0. The molecule has 37 heavy (non-hydrogen) atoms. The number of ether oxygens (including phenoxy) is 1. The van der Waals surface area contributed by atoms with Crippen LogP contribution in [0, 0.1) is 26.7 Å². The van der Waals surface area contributed by atoms with Crippen LogP contribution in [0.15, 0.2) is 45.6 Å². The molecule has 5 rings (SSSR count). The molecule has 1 N–H and O–H groups in total. The Hall–Kier alpha value is -3.12. The van der Waals surface area contributed by atoms with Crippen LogP contribution < -0.4 is 10.4 Å². The number of amides is 1. The molecular weight excluding hydrogens is 466 g/mol. The first-order chi connectivity index (χ1) is 17.7. The molecule has 2 heterocycles. The van der Waals surface area contributed by atoms with Gasteiger partial charge in [-0.1, -0.05) is 36.6 Å². The molecule has 0 bridgehead atoms. The fourth-order valence-electron chi connectivity index (χ4n) is 6.06. The summed E-state index contributed by atoms with van der Waals surface area (Å²) in [5.41, 5.74) is 4.37.